The first-order valence-corrected chi connectivity index (χ1v) is 11.8. The van der Waals surface area contributed by atoms with Gasteiger partial charge in [0.2, 0.25) is 5.91 Å². The van der Waals surface area contributed by atoms with Crippen LogP contribution in [-0.2, 0) is 11.4 Å². The van der Waals surface area contributed by atoms with Crippen molar-refractivity contribution in [3.8, 4) is 5.75 Å². The highest BCUT2D eigenvalue weighted by Crippen LogP contribution is 2.27. The number of hydrogen-bond acceptors (Lipinski definition) is 4. The number of ether oxygens (including phenoxy) is 1. The van der Waals surface area contributed by atoms with Crippen molar-refractivity contribution < 1.29 is 14.3 Å². The number of piperazine rings is 1. The van der Waals surface area contributed by atoms with E-state index >= 15 is 0 Å². The minimum Gasteiger partial charge on any atom is -0.487 e. The van der Waals surface area contributed by atoms with Gasteiger partial charge < -0.3 is 18.9 Å². The molecule has 2 amide bonds. The van der Waals surface area contributed by atoms with Gasteiger partial charge >= 0.3 is 0 Å². The number of benzene rings is 1. The van der Waals surface area contributed by atoms with Gasteiger partial charge in [0.05, 0.1) is 5.69 Å². The minimum atomic E-state index is -0.0170. The predicted molar refractivity (Wildman–Crippen MR) is 125 cm³/mol. The first-order chi connectivity index (χ1) is 16.1. The highest BCUT2D eigenvalue weighted by molar-refractivity contribution is 5.94. The maximum absolute atomic E-state index is 13.1. The highest BCUT2D eigenvalue weighted by atomic mass is 16.5. The molecule has 172 valence electrons. The van der Waals surface area contributed by atoms with E-state index in [1.807, 2.05) is 63.8 Å². The van der Waals surface area contributed by atoms with Gasteiger partial charge in [0.25, 0.3) is 5.91 Å². The Morgan fingerprint density at radius 3 is 2.55 bits per heavy atom. The van der Waals surface area contributed by atoms with Crippen molar-refractivity contribution in [2.75, 3.05) is 26.2 Å². The number of carbonyl (C=O) groups is 2. The number of aryl methyl sites for hydroxylation is 1. The molecule has 0 unspecified atom stereocenters. The summed E-state index contributed by atoms with van der Waals surface area (Å²) in [6.07, 6.45) is 8.34. The molecule has 0 atom stereocenters. The second-order valence-corrected chi connectivity index (χ2v) is 9.12. The second kappa shape index (κ2) is 9.25. The summed E-state index contributed by atoms with van der Waals surface area (Å²) in [5.74, 6) is 1.09. The van der Waals surface area contributed by atoms with Crippen LogP contribution < -0.4 is 4.74 Å². The number of rotatable bonds is 5. The van der Waals surface area contributed by atoms with Gasteiger partial charge in [0, 0.05) is 50.1 Å². The molecule has 33 heavy (non-hydrogen) atoms. The summed E-state index contributed by atoms with van der Waals surface area (Å²) >= 11 is 0. The molecule has 2 fully saturated rings. The van der Waals surface area contributed by atoms with Crippen molar-refractivity contribution in [3.63, 3.8) is 0 Å². The fourth-order valence-corrected chi connectivity index (χ4v) is 4.84. The predicted octanol–water partition coefficient (Wildman–Crippen LogP) is 3.70. The number of carbonyl (C=O) groups excluding carboxylic acids is 2. The Kier molecular flexibility index (Phi) is 6.03. The van der Waals surface area contributed by atoms with Gasteiger partial charge in [-0.2, -0.15) is 0 Å². The Bertz CT molecular complexity index is 1160. The van der Waals surface area contributed by atoms with Crippen molar-refractivity contribution in [1.29, 1.82) is 0 Å². The number of aromatic nitrogens is 2. The summed E-state index contributed by atoms with van der Waals surface area (Å²) in [4.78, 5) is 34.1. The number of pyridine rings is 1. The molecule has 2 aromatic heterocycles. The summed E-state index contributed by atoms with van der Waals surface area (Å²) in [6, 6.07) is 11.3. The van der Waals surface area contributed by atoms with E-state index in [1.165, 1.54) is 5.56 Å². The van der Waals surface area contributed by atoms with Crippen molar-refractivity contribution in [1.82, 2.24) is 19.2 Å². The van der Waals surface area contributed by atoms with Crippen LogP contribution in [0.3, 0.4) is 0 Å². The number of nitrogens with zero attached hydrogens (tertiary/aromatic N) is 4. The Labute approximate surface area is 194 Å². The number of fused-ring (bicyclic) bond motifs is 1. The Morgan fingerprint density at radius 2 is 1.76 bits per heavy atom. The van der Waals surface area contributed by atoms with Gasteiger partial charge in [0.15, 0.2) is 0 Å². The van der Waals surface area contributed by atoms with Crippen LogP contribution in [0.25, 0.3) is 5.65 Å². The summed E-state index contributed by atoms with van der Waals surface area (Å²) in [7, 11) is 0. The molecule has 1 aromatic carbocycles. The molecule has 3 heterocycles. The molecule has 1 aliphatic carbocycles. The number of amides is 2. The molecule has 7 nitrogen and oxygen atoms in total. The molecule has 0 radical (unpaired) electrons. The third kappa shape index (κ3) is 4.72. The van der Waals surface area contributed by atoms with Gasteiger partial charge in [-0.3, -0.25) is 9.59 Å². The van der Waals surface area contributed by atoms with Crippen LogP contribution >= 0.6 is 0 Å². The Hall–Kier alpha value is -3.35. The normalized spacial score (nSPS) is 17.0. The second-order valence-electron chi connectivity index (χ2n) is 9.12. The molecule has 1 saturated heterocycles. The lowest BCUT2D eigenvalue weighted by atomic mass is 10.1. The highest BCUT2D eigenvalue weighted by Gasteiger charge is 2.30. The molecular weight excluding hydrogens is 416 g/mol. The zero-order valence-electron chi connectivity index (χ0n) is 19.1. The van der Waals surface area contributed by atoms with Gasteiger partial charge in [-0.05, 0) is 49.6 Å². The van der Waals surface area contributed by atoms with Crippen molar-refractivity contribution in [3.05, 3.63) is 65.6 Å². The van der Waals surface area contributed by atoms with Gasteiger partial charge in [-0.1, -0.05) is 25.0 Å². The van der Waals surface area contributed by atoms with Gasteiger partial charge in [-0.15, -0.1) is 0 Å². The topological polar surface area (TPSA) is 67.2 Å². The average Bonchev–Trinajstić information content (AvgIpc) is 3.52. The maximum Gasteiger partial charge on any atom is 0.254 e. The summed E-state index contributed by atoms with van der Waals surface area (Å²) in [5.41, 5.74) is 3.49. The van der Waals surface area contributed by atoms with Crippen LogP contribution in [0.4, 0.5) is 0 Å². The molecule has 0 spiro atoms. The molecule has 3 aromatic rings. The van der Waals surface area contributed by atoms with Crippen LogP contribution in [0.1, 0.15) is 47.3 Å². The SMILES string of the molecule is Cc1ccc2nc(COc3cccc(C(=O)N4CCN(C(=O)C5CCCC5)CC4)c3)cn2c1. The minimum absolute atomic E-state index is 0.0170. The molecule has 0 bridgehead atoms. The zero-order chi connectivity index (χ0) is 22.8. The van der Waals surface area contributed by atoms with Gasteiger partial charge in [-0.25, -0.2) is 4.98 Å². The molecule has 2 aliphatic rings. The third-order valence-electron chi connectivity index (χ3n) is 6.70. The lowest BCUT2D eigenvalue weighted by Crippen LogP contribution is -2.51. The molecule has 7 heteroatoms. The summed E-state index contributed by atoms with van der Waals surface area (Å²) < 4.78 is 7.93. The van der Waals surface area contributed by atoms with Crippen LogP contribution in [0, 0.1) is 12.8 Å². The van der Waals surface area contributed by atoms with Crippen LogP contribution in [0.2, 0.25) is 0 Å². The van der Waals surface area contributed by atoms with E-state index < -0.39 is 0 Å². The first kappa shape index (κ1) is 21.5. The number of hydrogen-bond donors (Lipinski definition) is 0. The Balaban J connectivity index is 1.18. The summed E-state index contributed by atoms with van der Waals surface area (Å²) in [5, 5.41) is 0. The average molecular weight is 447 g/mol. The van der Waals surface area contributed by atoms with Crippen molar-refractivity contribution >= 4 is 17.5 Å². The zero-order valence-corrected chi connectivity index (χ0v) is 19.1. The van der Waals surface area contributed by atoms with E-state index in [1.54, 1.807) is 6.07 Å². The monoisotopic (exact) mass is 446 g/mol. The van der Waals surface area contributed by atoms with E-state index in [-0.39, 0.29) is 17.7 Å². The van der Waals surface area contributed by atoms with E-state index in [4.69, 9.17) is 4.74 Å². The molecular formula is C26H30N4O3. The quantitative estimate of drug-likeness (QED) is 0.599. The largest absolute Gasteiger partial charge is 0.487 e. The van der Waals surface area contributed by atoms with E-state index in [0.717, 1.165) is 37.0 Å². The molecule has 5 rings (SSSR count). The van der Waals surface area contributed by atoms with Crippen molar-refractivity contribution in [2.24, 2.45) is 5.92 Å². The standard InChI is InChI=1S/C26H30N4O3/c1-19-9-10-24-27-22(17-30(24)16-19)18-33-23-8-4-7-21(15-23)26(32)29-13-11-28(12-14-29)25(31)20-5-2-3-6-20/h4,7-10,15-17,20H,2-3,5-6,11-14,18H2,1H3. The molecule has 1 saturated carbocycles. The van der Waals surface area contributed by atoms with Crippen LogP contribution in [-0.4, -0.2) is 57.2 Å². The fraction of sp³-hybridized carbons (Fsp3) is 0.423. The smallest absolute Gasteiger partial charge is 0.254 e. The van der Waals surface area contributed by atoms with Gasteiger partial charge in [0.1, 0.15) is 18.0 Å². The fourth-order valence-electron chi connectivity index (χ4n) is 4.84. The molecule has 0 N–H and O–H groups in total. The maximum atomic E-state index is 13.1. The van der Waals surface area contributed by atoms with Crippen molar-refractivity contribution in [2.45, 2.75) is 39.2 Å². The Morgan fingerprint density at radius 1 is 1.00 bits per heavy atom. The van der Waals surface area contributed by atoms with E-state index in [9.17, 15) is 9.59 Å². The van der Waals surface area contributed by atoms with E-state index in [0.29, 0.717) is 44.1 Å². The van der Waals surface area contributed by atoms with Crippen LogP contribution in [0.5, 0.6) is 5.75 Å². The third-order valence-corrected chi connectivity index (χ3v) is 6.70. The van der Waals surface area contributed by atoms with Crippen LogP contribution in [0.15, 0.2) is 48.8 Å². The first-order valence-electron chi connectivity index (χ1n) is 11.8. The number of imidazole rings is 1. The molecule has 1 aliphatic heterocycles. The lowest BCUT2D eigenvalue weighted by Gasteiger charge is -2.36. The van der Waals surface area contributed by atoms with E-state index in [2.05, 4.69) is 4.98 Å². The summed E-state index contributed by atoms with van der Waals surface area (Å²) in [6.45, 7) is 4.76. The lowest BCUT2D eigenvalue weighted by molar-refractivity contribution is -0.136.